The standard InChI is InChI=1S/C20H18N2O5S/c1-13(23)14-8-10-16(11-9-14)28(26,27)22-19(25)21-18(24)20(22)12-4-6-15-5-2-3-7-17(15)20/h2-3,5,7-11H,4,6,12H2,1H3,(H,21,24,25). The van der Waals surface area contributed by atoms with Crippen LogP contribution in [0.2, 0.25) is 0 Å². The molecule has 28 heavy (non-hydrogen) atoms. The number of nitrogens with zero attached hydrogens (tertiary/aromatic N) is 1. The molecular weight excluding hydrogens is 380 g/mol. The molecule has 7 nitrogen and oxygen atoms in total. The van der Waals surface area contributed by atoms with E-state index in [1.54, 1.807) is 12.1 Å². The van der Waals surface area contributed by atoms with Gasteiger partial charge in [-0.2, -0.15) is 4.31 Å². The van der Waals surface area contributed by atoms with E-state index in [0.717, 1.165) is 5.56 Å². The smallest absolute Gasteiger partial charge is 0.295 e. The molecule has 0 radical (unpaired) electrons. The molecule has 144 valence electrons. The first-order valence-electron chi connectivity index (χ1n) is 8.89. The average Bonchev–Trinajstić information content (AvgIpc) is 2.93. The van der Waals surface area contributed by atoms with Crippen LogP contribution in [-0.2, 0) is 26.8 Å². The van der Waals surface area contributed by atoms with Gasteiger partial charge in [-0.15, -0.1) is 0 Å². The van der Waals surface area contributed by atoms with E-state index in [-0.39, 0.29) is 17.1 Å². The van der Waals surface area contributed by atoms with E-state index >= 15 is 0 Å². The molecule has 0 bridgehead atoms. The lowest BCUT2D eigenvalue weighted by atomic mass is 9.76. The highest BCUT2D eigenvalue weighted by Gasteiger charge is 2.60. The second kappa shape index (κ2) is 6.27. The summed E-state index contributed by atoms with van der Waals surface area (Å²) in [5, 5.41) is 2.19. The SMILES string of the molecule is CC(=O)c1ccc(S(=O)(=O)N2C(=O)NC(=O)C23CCCc2ccccc23)cc1. The predicted octanol–water partition coefficient (Wildman–Crippen LogP) is 2.36. The maximum Gasteiger partial charge on any atom is 0.339 e. The molecule has 2 aliphatic rings. The topological polar surface area (TPSA) is 101 Å². The molecule has 2 aromatic carbocycles. The number of urea groups is 1. The van der Waals surface area contributed by atoms with E-state index in [9.17, 15) is 22.8 Å². The summed E-state index contributed by atoms with van der Waals surface area (Å²) in [7, 11) is -4.32. The fraction of sp³-hybridized carbons (Fsp3) is 0.250. The molecule has 4 rings (SSSR count). The maximum atomic E-state index is 13.4. The summed E-state index contributed by atoms with van der Waals surface area (Å²) in [6.07, 6.45) is 1.50. The van der Waals surface area contributed by atoms with Crippen LogP contribution in [0, 0.1) is 0 Å². The minimum absolute atomic E-state index is 0.148. The van der Waals surface area contributed by atoms with E-state index in [1.165, 1.54) is 31.2 Å². The van der Waals surface area contributed by atoms with Crippen molar-refractivity contribution in [1.82, 2.24) is 9.62 Å². The Labute approximate surface area is 162 Å². The Morgan fingerprint density at radius 2 is 1.75 bits per heavy atom. The van der Waals surface area contributed by atoms with Crippen molar-refractivity contribution in [3.05, 3.63) is 65.2 Å². The summed E-state index contributed by atoms with van der Waals surface area (Å²) >= 11 is 0. The number of carbonyl (C=O) groups excluding carboxylic acids is 3. The number of hydrogen-bond acceptors (Lipinski definition) is 5. The molecule has 2 aromatic rings. The molecule has 1 fully saturated rings. The molecule has 0 aromatic heterocycles. The average molecular weight is 398 g/mol. The quantitative estimate of drug-likeness (QED) is 0.632. The second-order valence-corrected chi connectivity index (χ2v) is 8.77. The molecule has 8 heteroatoms. The summed E-state index contributed by atoms with van der Waals surface area (Å²) in [6.45, 7) is 1.38. The van der Waals surface area contributed by atoms with Gasteiger partial charge in [0.25, 0.3) is 15.9 Å². The van der Waals surface area contributed by atoms with Gasteiger partial charge in [-0.05, 0) is 49.4 Å². The van der Waals surface area contributed by atoms with Gasteiger partial charge < -0.3 is 0 Å². The zero-order valence-corrected chi connectivity index (χ0v) is 16.0. The summed E-state index contributed by atoms with van der Waals surface area (Å²) in [5.41, 5.74) is 0.155. The van der Waals surface area contributed by atoms with Gasteiger partial charge in [0.2, 0.25) is 0 Å². The zero-order valence-electron chi connectivity index (χ0n) is 15.1. The number of carbonyl (C=O) groups is 3. The molecule has 1 spiro atoms. The maximum absolute atomic E-state index is 13.4. The first-order chi connectivity index (χ1) is 13.3. The number of rotatable bonds is 3. The Hall–Kier alpha value is -3.00. The molecule has 1 unspecified atom stereocenters. The Morgan fingerprint density at radius 3 is 2.43 bits per heavy atom. The molecule has 1 aliphatic carbocycles. The Morgan fingerprint density at radius 1 is 1.07 bits per heavy atom. The number of fused-ring (bicyclic) bond motifs is 2. The third-order valence-electron chi connectivity index (χ3n) is 5.37. The van der Waals surface area contributed by atoms with E-state index in [4.69, 9.17) is 0 Å². The molecule has 1 saturated heterocycles. The van der Waals surface area contributed by atoms with Crippen LogP contribution in [0.15, 0.2) is 53.4 Å². The van der Waals surface area contributed by atoms with Crippen molar-refractivity contribution in [2.75, 3.05) is 0 Å². The normalized spacial score (nSPS) is 21.5. The Bertz CT molecular complexity index is 1110. The molecule has 3 amide bonds. The van der Waals surface area contributed by atoms with E-state index in [0.29, 0.717) is 28.3 Å². The van der Waals surface area contributed by atoms with Gasteiger partial charge in [0.05, 0.1) is 4.90 Å². The van der Waals surface area contributed by atoms with Gasteiger partial charge in [0, 0.05) is 5.56 Å². The highest BCUT2D eigenvalue weighted by Crippen LogP contribution is 2.45. The Balaban J connectivity index is 1.89. The van der Waals surface area contributed by atoms with Gasteiger partial charge in [0.15, 0.2) is 11.3 Å². The lowest BCUT2D eigenvalue weighted by Crippen LogP contribution is -2.51. The van der Waals surface area contributed by atoms with Gasteiger partial charge in [-0.1, -0.05) is 36.4 Å². The largest absolute Gasteiger partial charge is 0.339 e. The molecule has 1 atom stereocenters. The number of ketones is 1. The second-order valence-electron chi connectivity index (χ2n) is 6.98. The minimum atomic E-state index is -4.32. The zero-order chi connectivity index (χ0) is 20.1. The van der Waals surface area contributed by atoms with Crippen molar-refractivity contribution in [2.45, 2.75) is 36.6 Å². The van der Waals surface area contributed by atoms with Crippen molar-refractivity contribution in [3.63, 3.8) is 0 Å². The fourth-order valence-corrected chi connectivity index (χ4v) is 5.69. The summed E-state index contributed by atoms with van der Waals surface area (Å²) in [4.78, 5) is 36.8. The van der Waals surface area contributed by atoms with E-state index in [1.807, 2.05) is 12.1 Å². The van der Waals surface area contributed by atoms with Crippen LogP contribution < -0.4 is 5.32 Å². The van der Waals surface area contributed by atoms with Crippen molar-refractivity contribution in [1.29, 1.82) is 0 Å². The van der Waals surface area contributed by atoms with Gasteiger partial charge in [-0.25, -0.2) is 13.2 Å². The van der Waals surface area contributed by atoms with Crippen LogP contribution in [0.1, 0.15) is 41.3 Å². The van der Waals surface area contributed by atoms with Gasteiger partial charge in [0.1, 0.15) is 0 Å². The number of Topliss-reactive ketones (excluding diaryl/α,β-unsaturated/α-hetero) is 1. The number of imide groups is 1. The van der Waals surface area contributed by atoms with Crippen LogP contribution >= 0.6 is 0 Å². The molecule has 1 N–H and O–H groups in total. The van der Waals surface area contributed by atoms with Crippen LogP contribution in [0.25, 0.3) is 0 Å². The van der Waals surface area contributed by atoms with Crippen LogP contribution in [0.5, 0.6) is 0 Å². The minimum Gasteiger partial charge on any atom is -0.295 e. The lowest BCUT2D eigenvalue weighted by Gasteiger charge is -2.38. The molecular formula is C20H18N2O5S. The van der Waals surface area contributed by atoms with Gasteiger partial charge >= 0.3 is 6.03 Å². The highest BCUT2D eigenvalue weighted by atomic mass is 32.2. The third kappa shape index (κ3) is 2.48. The van der Waals surface area contributed by atoms with Crippen molar-refractivity contribution in [2.24, 2.45) is 0 Å². The molecule has 1 heterocycles. The van der Waals surface area contributed by atoms with Crippen molar-refractivity contribution < 1.29 is 22.8 Å². The first-order valence-corrected chi connectivity index (χ1v) is 10.3. The predicted molar refractivity (Wildman–Crippen MR) is 100 cm³/mol. The summed E-state index contributed by atoms with van der Waals surface area (Å²) < 4.78 is 27.4. The van der Waals surface area contributed by atoms with Crippen molar-refractivity contribution in [3.8, 4) is 0 Å². The number of hydrogen-bond donors (Lipinski definition) is 1. The monoisotopic (exact) mass is 398 g/mol. The number of amides is 3. The lowest BCUT2D eigenvalue weighted by molar-refractivity contribution is -0.126. The first kappa shape index (κ1) is 18.4. The van der Waals surface area contributed by atoms with E-state index in [2.05, 4.69) is 5.32 Å². The summed E-state index contributed by atoms with van der Waals surface area (Å²) in [5.74, 6) is -0.829. The van der Waals surface area contributed by atoms with Crippen LogP contribution in [0.4, 0.5) is 4.79 Å². The number of aryl methyl sites for hydroxylation is 1. The number of nitrogens with one attached hydrogen (secondary N) is 1. The summed E-state index contributed by atoms with van der Waals surface area (Å²) in [6, 6.07) is 11.5. The fourth-order valence-electron chi connectivity index (χ4n) is 4.06. The number of sulfonamides is 1. The van der Waals surface area contributed by atoms with Crippen LogP contribution in [0.3, 0.4) is 0 Å². The molecule has 1 aliphatic heterocycles. The Kier molecular flexibility index (Phi) is 4.11. The van der Waals surface area contributed by atoms with Gasteiger partial charge in [-0.3, -0.25) is 14.9 Å². The van der Waals surface area contributed by atoms with Crippen LogP contribution in [-0.4, -0.2) is 30.4 Å². The molecule has 0 saturated carbocycles. The third-order valence-corrected chi connectivity index (χ3v) is 7.20. The van der Waals surface area contributed by atoms with E-state index < -0.39 is 27.5 Å². The van der Waals surface area contributed by atoms with Crippen molar-refractivity contribution >= 4 is 27.7 Å². The highest BCUT2D eigenvalue weighted by molar-refractivity contribution is 7.89. The number of benzene rings is 2.